The third-order valence-electron chi connectivity index (χ3n) is 6.79. The van der Waals surface area contributed by atoms with Crippen molar-refractivity contribution in [3.8, 4) is 5.75 Å². The third kappa shape index (κ3) is 6.60. The van der Waals surface area contributed by atoms with E-state index in [1.165, 1.54) is 43.6 Å². The smallest absolute Gasteiger partial charge is 0.269 e. The lowest BCUT2D eigenvalue weighted by Crippen LogP contribution is -2.27. The van der Waals surface area contributed by atoms with Gasteiger partial charge in [-0.25, -0.2) is 16.8 Å². The quantitative estimate of drug-likeness (QED) is 0.163. The normalized spacial score (nSPS) is 11.4. The number of aromatic nitrogens is 3. The van der Waals surface area contributed by atoms with Gasteiger partial charge in [-0.3, -0.25) is 9.59 Å². The first-order valence-corrected chi connectivity index (χ1v) is 15.3. The number of ether oxygens (including phenoxy) is 1. The highest BCUT2D eigenvalue weighted by Crippen LogP contribution is 2.34. The molecule has 5 N–H and O–H groups in total. The van der Waals surface area contributed by atoms with Gasteiger partial charge in [-0.05, 0) is 69.6 Å². The standard InChI is InChI=1S/C31H31FN8O5S/c1-18-8-11-20(12-9-18)46(43,44)40-15-14-21-29(35-23-7-5-6-22(32)27(23)28(33)42)37-31(38-30(21)40)36-24-16-19(10-13-25(24)45-4)34-26(41)17-39(2)3/h5-16H,17H2,1-4H3,(H2,33,42)(H,34,41)(H2,35,36,37,38). The van der Waals surface area contributed by atoms with Crippen molar-refractivity contribution < 1.29 is 27.1 Å². The number of hydrogen-bond acceptors (Lipinski definition) is 10. The zero-order valence-electron chi connectivity index (χ0n) is 25.3. The maximum absolute atomic E-state index is 14.6. The van der Waals surface area contributed by atoms with E-state index in [2.05, 4.69) is 25.9 Å². The maximum Gasteiger partial charge on any atom is 0.269 e. The first kappa shape index (κ1) is 31.9. The van der Waals surface area contributed by atoms with E-state index in [0.717, 1.165) is 15.6 Å². The van der Waals surface area contributed by atoms with E-state index >= 15 is 0 Å². The summed E-state index contributed by atoms with van der Waals surface area (Å²) in [5, 5.41) is 9.01. The van der Waals surface area contributed by atoms with Crippen LogP contribution in [0.4, 0.5) is 33.2 Å². The molecule has 0 saturated carbocycles. The molecule has 0 bridgehead atoms. The highest BCUT2D eigenvalue weighted by molar-refractivity contribution is 7.90. The van der Waals surface area contributed by atoms with E-state index in [1.807, 2.05) is 6.92 Å². The molecule has 5 aromatic rings. The van der Waals surface area contributed by atoms with Crippen molar-refractivity contribution in [1.82, 2.24) is 18.8 Å². The Kier molecular flexibility index (Phi) is 8.89. The molecule has 2 aromatic heterocycles. The van der Waals surface area contributed by atoms with Crippen LogP contribution >= 0.6 is 0 Å². The zero-order chi connectivity index (χ0) is 33.2. The van der Waals surface area contributed by atoms with Crippen molar-refractivity contribution >= 4 is 61.7 Å². The summed E-state index contributed by atoms with van der Waals surface area (Å²) in [6.45, 7) is 2.00. The van der Waals surface area contributed by atoms with E-state index in [9.17, 15) is 22.4 Å². The van der Waals surface area contributed by atoms with Crippen LogP contribution in [0.3, 0.4) is 0 Å². The maximum atomic E-state index is 14.6. The van der Waals surface area contributed by atoms with Crippen molar-refractivity contribution in [3.63, 3.8) is 0 Å². The van der Waals surface area contributed by atoms with Crippen LogP contribution in [-0.4, -0.2) is 66.8 Å². The number of amides is 2. The Labute approximate surface area is 264 Å². The van der Waals surface area contributed by atoms with Crippen LogP contribution < -0.4 is 26.4 Å². The van der Waals surface area contributed by atoms with Gasteiger partial charge in [-0.15, -0.1) is 0 Å². The van der Waals surface area contributed by atoms with Crippen LogP contribution in [0.2, 0.25) is 0 Å². The number of anilines is 5. The fourth-order valence-corrected chi connectivity index (χ4v) is 5.95. The second-order valence-electron chi connectivity index (χ2n) is 10.5. The molecule has 0 spiro atoms. The molecule has 0 aliphatic rings. The molecule has 0 aliphatic carbocycles. The van der Waals surface area contributed by atoms with Gasteiger partial charge >= 0.3 is 0 Å². The summed E-state index contributed by atoms with van der Waals surface area (Å²) in [6, 6.07) is 16.6. The number of carbonyl (C=O) groups is 2. The van der Waals surface area contributed by atoms with Crippen molar-refractivity contribution in [3.05, 3.63) is 89.9 Å². The molecule has 238 valence electrons. The SMILES string of the molecule is COc1ccc(NC(=O)CN(C)C)cc1Nc1nc(Nc2cccc(F)c2C(N)=O)c2ccn(S(=O)(=O)c3ccc(C)cc3)c2n1. The summed E-state index contributed by atoms with van der Waals surface area (Å²) in [6.07, 6.45) is 1.32. The first-order chi connectivity index (χ1) is 21.9. The molecular formula is C31H31FN8O5S. The number of benzene rings is 3. The number of likely N-dealkylation sites (N-methyl/N-ethyl adjacent to an activating group) is 1. The molecule has 0 atom stereocenters. The van der Waals surface area contributed by atoms with Crippen LogP contribution in [0, 0.1) is 12.7 Å². The monoisotopic (exact) mass is 646 g/mol. The van der Waals surface area contributed by atoms with Crippen LogP contribution in [0.25, 0.3) is 11.0 Å². The molecule has 13 nitrogen and oxygen atoms in total. The Morgan fingerprint density at radius 3 is 2.41 bits per heavy atom. The fourth-order valence-electron chi connectivity index (χ4n) is 4.66. The molecular weight excluding hydrogens is 615 g/mol. The molecule has 2 heterocycles. The molecule has 5 rings (SSSR count). The number of primary amides is 1. The van der Waals surface area contributed by atoms with Gasteiger partial charge in [0.25, 0.3) is 15.9 Å². The van der Waals surface area contributed by atoms with E-state index in [-0.39, 0.29) is 45.8 Å². The summed E-state index contributed by atoms with van der Waals surface area (Å²) < 4.78 is 48.6. The van der Waals surface area contributed by atoms with Gasteiger partial charge < -0.3 is 31.3 Å². The summed E-state index contributed by atoms with van der Waals surface area (Å²) in [7, 11) is 0.863. The lowest BCUT2D eigenvalue weighted by atomic mass is 10.1. The van der Waals surface area contributed by atoms with Crippen molar-refractivity contribution in [1.29, 1.82) is 0 Å². The van der Waals surface area contributed by atoms with Gasteiger partial charge in [0.2, 0.25) is 11.9 Å². The summed E-state index contributed by atoms with van der Waals surface area (Å²) in [4.78, 5) is 35.3. The molecule has 0 fully saturated rings. The minimum Gasteiger partial charge on any atom is -0.495 e. The largest absolute Gasteiger partial charge is 0.495 e. The predicted molar refractivity (Wildman–Crippen MR) is 173 cm³/mol. The number of methoxy groups -OCH3 is 1. The lowest BCUT2D eigenvalue weighted by molar-refractivity contribution is -0.116. The number of aryl methyl sites for hydroxylation is 1. The number of rotatable bonds is 11. The summed E-state index contributed by atoms with van der Waals surface area (Å²) >= 11 is 0. The Hall–Kier alpha value is -5.54. The minimum absolute atomic E-state index is 0.00998. The topological polar surface area (TPSA) is 174 Å². The first-order valence-electron chi connectivity index (χ1n) is 13.8. The predicted octanol–water partition coefficient (Wildman–Crippen LogP) is 4.21. The van der Waals surface area contributed by atoms with Gasteiger partial charge in [-0.2, -0.15) is 9.97 Å². The Morgan fingerprint density at radius 2 is 1.74 bits per heavy atom. The van der Waals surface area contributed by atoms with Crippen molar-refractivity contribution in [2.45, 2.75) is 11.8 Å². The molecule has 3 aromatic carbocycles. The highest BCUT2D eigenvalue weighted by atomic mass is 32.2. The Balaban J connectivity index is 1.65. The minimum atomic E-state index is -4.13. The van der Waals surface area contributed by atoms with Gasteiger partial charge in [-0.1, -0.05) is 23.8 Å². The van der Waals surface area contributed by atoms with Crippen molar-refractivity contribution in [2.75, 3.05) is 43.7 Å². The molecule has 0 saturated heterocycles. The summed E-state index contributed by atoms with van der Waals surface area (Å²) in [5.74, 6) is -1.77. The number of carbonyl (C=O) groups excluding carboxylic acids is 2. The fraction of sp³-hybridized carbons (Fsp3) is 0.161. The molecule has 46 heavy (non-hydrogen) atoms. The van der Waals surface area contributed by atoms with Crippen LogP contribution in [0.15, 0.2) is 77.8 Å². The van der Waals surface area contributed by atoms with Crippen LogP contribution in [-0.2, 0) is 14.8 Å². The molecule has 15 heteroatoms. The number of nitrogens with two attached hydrogens (primary N) is 1. The van der Waals surface area contributed by atoms with Crippen LogP contribution in [0.5, 0.6) is 5.75 Å². The van der Waals surface area contributed by atoms with E-state index in [4.69, 9.17) is 10.5 Å². The Morgan fingerprint density at radius 1 is 1.00 bits per heavy atom. The average molecular weight is 647 g/mol. The second-order valence-corrected chi connectivity index (χ2v) is 12.4. The zero-order valence-corrected chi connectivity index (χ0v) is 26.1. The average Bonchev–Trinajstić information content (AvgIpc) is 3.42. The van der Waals surface area contributed by atoms with Gasteiger partial charge in [0.05, 0.1) is 40.9 Å². The molecule has 0 unspecified atom stereocenters. The van der Waals surface area contributed by atoms with Gasteiger partial charge in [0, 0.05) is 11.9 Å². The Bertz CT molecular complexity index is 2060. The number of nitrogens with one attached hydrogen (secondary N) is 3. The number of fused-ring (bicyclic) bond motifs is 1. The van der Waals surface area contributed by atoms with E-state index < -0.39 is 27.3 Å². The van der Waals surface area contributed by atoms with E-state index in [1.54, 1.807) is 49.3 Å². The van der Waals surface area contributed by atoms with E-state index in [0.29, 0.717) is 17.1 Å². The number of hydrogen-bond donors (Lipinski definition) is 4. The van der Waals surface area contributed by atoms with Crippen LogP contribution in [0.1, 0.15) is 15.9 Å². The summed E-state index contributed by atoms with van der Waals surface area (Å²) in [5.41, 5.74) is 6.72. The van der Waals surface area contributed by atoms with Gasteiger partial charge in [0.15, 0.2) is 5.65 Å². The number of halogens is 1. The molecule has 0 radical (unpaired) electrons. The second kappa shape index (κ2) is 12.8. The third-order valence-corrected chi connectivity index (χ3v) is 8.47. The number of nitrogens with zero attached hydrogens (tertiary/aromatic N) is 4. The van der Waals surface area contributed by atoms with Gasteiger partial charge in [0.1, 0.15) is 17.4 Å². The lowest BCUT2D eigenvalue weighted by Gasteiger charge is -2.16. The molecule has 2 amide bonds. The van der Waals surface area contributed by atoms with Crippen molar-refractivity contribution in [2.24, 2.45) is 5.73 Å². The highest BCUT2D eigenvalue weighted by Gasteiger charge is 2.24. The molecule has 0 aliphatic heterocycles.